The van der Waals surface area contributed by atoms with Gasteiger partial charge in [-0.05, 0) is 20.2 Å². The number of hydrogen-bond acceptors (Lipinski definition) is 4. The summed E-state index contributed by atoms with van der Waals surface area (Å²) in [6.45, 7) is 1.32. The predicted molar refractivity (Wildman–Crippen MR) is 67.7 cm³/mol. The normalized spacial score (nSPS) is 12.5. The van der Waals surface area contributed by atoms with E-state index >= 15 is 0 Å². The first-order valence-corrected chi connectivity index (χ1v) is 5.76. The number of rotatable bonds is 6. The zero-order chi connectivity index (χ0) is 13.5. The van der Waals surface area contributed by atoms with Crippen molar-refractivity contribution >= 4 is 5.97 Å². The summed E-state index contributed by atoms with van der Waals surface area (Å²) in [5, 5.41) is 3.00. The lowest BCUT2D eigenvalue weighted by Crippen LogP contribution is -2.35. The topological polar surface area (TPSA) is 41.6 Å². The number of likely N-dealkylation sites (N-methyl/N-ethyl adjacent to an activating group) is 1. The predicted octanol–water partition coefficient (Wildman–Crippen LogP) is 1.19. The molecule has 100 valence electrons. The summed E-state index contributed by atoms with van der Waals surface area (Å²) < 4.78 is 18.4. The number of ether oxygens (including phenoxy) is 1. The lowest BCUT2D eigenvalue weighted by Gasteiger charge is -2.18. The van der Waals surface area contributed by atoms with Gasteiger partial charge >= 0.3 is 5.97 Å². The summed E-state index contributed by atoms with van der Waals surface area (Å²) in [7, 11) is 5.15. The third kappa shape index (κ3) is 4.09. The quantitative estimate of drug-likeness (QED) is 0.774. The van der Waals surface area contributed by atoms with Crippen LogP contribution in [-0.4, -0.2) is 45.2 Å². The highest BCUT2D eigenvalue weighted by Crippen LogP contribution is 2.17. The number of carbonyl (C=O) groups is 1. The summed E-state index contributed by atoms with van der Waals surface area (Å²) in [6.07, 6.45) is 0. The van der Waals surface area contributed by atoms with E-state index in [1.165, 1.54) is 13.2 Å². The minimum atomic E-state index is -0.767. The summed E-state index contributed by atoms with van der Waals surface area (Å²) >= 11 is 0. The number of methoxy groups -OCH3 is 1. The second-order valence-corrected chi connectivity index (χ2v) is 4.24. The van der Waals surface area contributed by atoms with E-state index in [0.717, 1.165) is 6.54 Å². The molecule has 1 rings (SSSR count). The Hall–Kier alpha value is -1.46. The average Bonchev–Trinajstić information content (AvgIpc) is 2.35. The number of benzene rings is 1. The maximum atomic E-state index is 13.7. The van der Waals surface area contributed by atoms with E-state index in [-0.39, 0.29) is 0 Å². The summed E-state index contributed by atoms with van der Waals surface area (Å²) in [5.74, 6) is -0.899. The van der Waals surface area contributed by atoms with Gasteiger partial charge in [-0.25, -0.2) is 9.18 Å². The number of nitrogens with zero attached hydrogens (tertiary/aromatic N) is 1. The monoisotopic (exact) mass is 254 g/mol. The molecule has 0 radical (unpaired) electrons. The Kier molecular flexibility index (Phi) is 5.74. The van der Waals surface area contributed by atoms with Crippen LogP contribution in [0.3, 0.4) is 0 Å². The van der Waals surface area contributed by atoms with Gasteiger partial charge in [0.25, 0.3) is 0 Å². The van der Waals surface area contributed by atoms with Crippen LogP contribution in [0.15, 0.2) is 24.3 Å². The molecule has 18 heavy (non-hydrogen) atoms. The molecule has 1 aromatic carbocycles. The minimum Gasteiger partial charge on any atom is -0.468 e. The Bertz CT molecular complexity index is 396. The summed E-state index contributed by atoms with van der Waals surface area (Å²) in [6, 6.07) is 5.43. The van der Waals surface area contributed by atoms with Crippen LogP contribution in [0.4, 0.5) is 4.39 Å². The first-order valence-electron chi connectivity index (χ1n) is 5.76. The van der Waals surface area contributed by atoms with Crippen molar-refractivity contribution in [2.45, 2.75) is 6.04 Å². The average molecular weight is 254 g/mol. The number of halogens is 1. The molecule has 1 N–H and O–H groups in total. The maximum Gasteiger partial charge on any atom is 0.327 e. The molecule has 4 nitrogen and oxygen atoms in total. The highest BCUT2D eigenvalue weighted by atomic mass is 19.1. The molecule has 1 unspecified atom stereocenters. The van der Waals surface area contributed by atoms with Gasteiger partial charge in [-0.1, -0.05) is 18.2 Å². The van der Waals surface area contributed by atoms with Crippen molar-refractivity contribution in [2.24, 2.45) is 0 Å². The fourth-order valence-electron chi connectivity index (χ4n) is 1.58. The van der Waals surface area contributed by atoms with Gasteiger partial charge in [0.15, 0.2) is 0 Å². The van der Waals surface area contributed by atoms with Crippen LogP contribution >= 0.6 is 0 Å². The van der Waals surface area contributed by atoms with E-state index in [1.54, 1.807) is 18.2 Å². The molecule has 0 saturated carbocycles. The second-order valence-electron chi connectivity index (χ2n) is 4.24. The van der Waals surface area contributed by atoms with Gasteiger partial charge in [0.2, 0.25) is 0 Å². The Labute approximate surface area is 107 Å². The zero-order valence-electron chi connectivity index (χ0n) is 10.9. The molecule has 0 aromatic heterocycles. The van der Waals surface area contributed by atoms with E-state index in [1.807, 2.05) is 19.0 Å². The number of esters is 1. The highest BCUT2D eigenvalue weighted by molar-refractivity contribution is 5.77. The van der Waals surface area contributed by atoms with Gasteiger partial charge in [-0.3, -0.25) is 5.32 Å². The summed E-state index contributed by atoms with van der Waals surface area (Å²) in [4.78, 5) is 13.7. The third-order valence-corrected chi connectivity index (χ3v) is 2.56. The molecule has 1 aromatic rings. The van der Waals surface area contributed by atoms with Gasteiger partial charge in [-0.2, -0.15) is 0 Å². The lowest BCUT2D eigenvalue weighted by atomic mass is 10.1. The molecule has 0 aliphatic carbocycles. The van der Waals surface area contributed by atoms with Gasteiger partial charge < -0.3 is 9.64 Å². The Morgan fingerprint density at radius 2 is 2.11 bits per heavy atom. The molecule has 5 heteroatoms. The van der Waals surface area contributed by atoms with Gasteiger partial charge in [0.1, 0.15) is 11.9 Å². The first kappa shape index (κ1) is 14.6. The SMILES string of the molecule is COC(=O)C(NCCN(C)C)c1ccccc1F. The molecule has 0 spiro atoms. The molecule has 0 aliphatic rings. The second kappa shape index (κ2) is 7.08. The van der Waals surface area contributed by atoms with E-state index in [0.29, 0.717) is 12.1 Å². The van der Waals surface area contributed by atoms with Gasteiger partial charge in [0.05, 0.1) is 7.11 Å². The van der Waals surface area contributed by atoms with Crippen molar-refractivity contribution < 1.29 is 13.9 Å². The molecule has 0 saturated heterocycles. The van der Waals surface area contributed by atoms with Crippen LogP contribution in [0, 0.1) is 5.82 Å². The van der Waals surface area contributed by atoms with Crippen molar-refractivity contribution in [3.8, 4) is 0 Å². The van der Waals surface area contributed by atoms with Crippen molar-refractivity contribution in [2.75, 3.05) is 34.3 Å². The van der Waals surface area contributed by atoms with E-state index in [2.05, 4.69) is 5.32 Å². The smallest absolute Gasteiger partial charge is 0.327 e. The Morgan fingerprint density at radius 1 is 1.44 bits per heavy atom. The molecule has 1 atom stereocenters. The van der Waals surface area contributed by atoms with Crippen LogP contribution in [0.2, 0.25) is 0 Å². The van der Waals surface area contributed by atoms with Crippen molar-refractivity contribution in [1.82, 2.24) is 10.2 Å². The zero-order valence-corrected chi connectivity index (χ0v) is 10.9. The molecule has 0 amide bonds. The molecule has 0 bridgehead atoms. The van der Waals surface area contributed by atoms with Crippen molar-refractivity contribution in [3.05, 3.63) is 35.6 Å². The van der Waals surface area contributed by atoms with E-state index in [4.69, 9.17) is 4.74 Å². The van der Waals surface area contributed by atoms with Crippen LogP contribution < -0.4 is 5.32 Å². The Balaban J connectivity index is 2.79. The number of hydrogen-bond donors (Lipinski definition) is 1. The first-order chi connectivity index (χ1) is 8.56. The molecular weight excluding hydrogens is 235 g/mol. The van der Waals surface area contributed by atoms with Gasteiger partial charge in [0, 0.05) is 18.7 Å². The fourth-order valence-corrected chi connectivity index (χ4v) is 1.58. The number of nitrogens with one attached hydrogen (secondary N) is 1. The van der Waals surface area contributed by atoms with E-state index < -0.39 is 17.8 Å². The van der Waals surface area contributed by atoms with Crippen LogP contribution in [0.25, 0.3) is 0 Å². The van der Waals surface area contributed by atoms with Crippen LogP contribution in [0.5, 0.6) is 0 Å². The van der Waals surface area contributed by atoms with Crippen molar-refractivity contribution in [3.63, 3.8) is 0 Å². The standard InChI is InChI=1S/C13H19FN2O2/c1-16(2)9-8-15-12(13(17)18-3)10-6-4-5-7-11(10)14/h4-7,12,15H,8-9H2,1-3H3. The van der Waals surface area contributed by atoms with Gasteiger partial charge in [-0.15, -0.1) is 0 Å². The summed E-state index contributed by atoms with van der Waals surface area (Å²) in [5.41, 5.74) is 0.308. The van der Waals surface area contributed by atoms with E-state index in [9.17, 15) is 9.18 Å². The minimum absolute atomic E-state index is 0.308. The number of carbonyl (C=O) groups excluding carboxylic acids is 1. The Morgan fingerprint density at radius 3 is 2.67 bits per heavy atom. The third-order valence-electron chi connectivity index (χ3n) is 2.56. The fraction of sp³-hybridized carbons (Fsp3) is 0.462. The lowest BCUT2D eigenvalue weighted by molar-refractivity contribution is -0.143. The van der Waals surface area contributed by atoms with Crippen LogP contribution in [-0.2, 0) is 9.53 Å². The van der Waals surface area contributed by atoms with Crippen LogP contribution in [0.1, 0.15) is 11.6 Å². The highest BCUT2D eigenvalue weighted by Gasteiger charge is 2.23. The largest absolute Gasteiger partial charge is 0.468 e. The molecule has 0 aliphatic heterocycles. The maximum absolute atomic E-state index is 13.7. The van der Waals surface area contributed by atoms with Crippen molar-refractivity contribution in [1.29, 1.82) is 0 Å². The molecular formula is C13H19FN2O2. The molecule has 0 fully saturated rings. The molecule has 0 heterocycles.